The van der Waals surface area contributed by atoms with E-state index in [0.29, 0.717) is 4.47 Å². The molecule has 0 aliphatic heterocycles. The molecule has 0 aromatic heterocycles. The van der Waals surface area contributed by atoms with Gasteiger partial charge < -0.3 is 10.8 Å². The van der Waals surface area contributed by atoms with Crippen LogP contribution in [0, 0.1) is 0 Å². The predicted molar refractivity (Wildman–Crippen MR) is 66.7 cm³/mol. The number of nitrogens with two attached hydrogens (primary N) is 1. The molecule has 0 saturated carbocycles. The standard InChI is InChI=1S/C10H12BrNO4S/c1-17(15,16)8-4-2-3-7(11)9(8)6(5-12)10(13)14/h2-4,6H,5,12H2,1H3,(H,13,14). The first kappa shape index (κ1) is 14.1. The Hall–Kier alpha value is -0.920. The molecule has 94 valence electrons. The second-order valence-electron chi connectivity index (χ2n) is 3.55. The van der Waals surface area contributed by atoms with Crippen molar-refractivity contribution in [2.45, 2.75) is 10.8 Å². The number of hydrogen-bond acceptors (Lipinski definition) is 4. The summed E-state index contributed by atoms with van der Waals surface area (Å²) in [5.74, 6) is -2.19. The molecule has 0 heterocycles. The van der Waals surface area contributed by atoms with Gasteiger partial charge >= 0.3 is 5.97 Å². The van der Waals surface area contributed by atoms with Crippen molar-refractivity contribution in [3.8, 4) is 0 Å². The third-order valence-corrected chi connectivity index (χ3v) is 4.14. The molecule has 1 unspecified atom stereocenters. The molecule has 3 N–H and O–H groups in total. The maximum absolute atomic E-state index is 11.6. The molecule has 0 aliphatic rings. The molecular weight excluding hydrogens is 310 g/mol. The largest absolute Gasteiger partial charge is 0.481 e. The summed E-state index contributed by atoms with van der Waals surface area (Å²) < 4.78 is 23.6. The zero-order valence-electron chi connectivity index (χ0n) is 9.05. The lowest BCUT2D eigenvalue weighted by atomic mass is 9.99. The molecule has 0 aliphatic carbocycles. The number of aliphatic carboxylic acids is 1. The van der Waals surface area contributed by atoms with Gasteiger partial charge in [0.2, 0.25) is 0 Å². The number of hydrogen-bond donors (Lipinski definition) is 2. The predicted octanol–water partition coefficient (Wildman–Crippen LogP) is 0.980. The fourth-order valence-corrected chi connectivity index (χ4v) is 3.27. The second-order valence-corrected chi connectivity index (χ2v) is 6.39. The summed E-state index contributed by atoms with van der Waals surface area (Å²) in [6, 6.07) is 4.51. The topological polar surface area (TPSA) is 97.5 Å². The van der Waals surface area contributed by atoms with E-state index in [1.54, 1.807) is 12.1 Å². The monoisotopic (exact) mass is 321 g/mol. The van der Waals surface area contributed by atoms with Crippen molar-refractivity contribution >= 4 is 31.7 Å². The molecule has 5 nitrogen and oxygen atoms in total. The summed E-state index contributed by atoms with van der Waals surface area (Å²) >= 11 is 3.17. The first-order chi connectivity index (χ1) is 7.79. The maximum Gasteiger partial charge on any atom is 0.312 e. The van der Waals surface area contributed by atoms with Gasteiger partial charge in [0.1, 0.15) is 0 Å². The maximum atomic E-state index is 11.6. The minimum atomic E-state index is -3.49. The minimum absolute atomic E-state index is 0.00951. The SMILES string of the molecule is CS(=O)(=O)c1cccc(Br)c1C(CN)C(=O)O. The van der Waals surface area contributed by atoms with E-state index >= 15 is 0 Å². The summed E-state index contributed by atoms with van der Waals surface area (Å²) in [5.41, 5.74) is 5.59. The number of rotatable bonds is 4. The zero-order valence-corrected chi connectivity index (χ0v) is 11.5. The first-order valence-electron chi connectivity index (χ1n) is 4.70. The van der Waals surface area contributed by atoms with Crippen molar-refractivity contribution in [1.82, 2.24) is 0 Å². The van der Waals surface area contributed by atoms with E-state index in [0.717, 1.165) is 6.26 Å². The van der Waals surface area contributed by atoms with E-state index in [1.165, 1.54) is 6.07 Å². The Labute approximate surface area is 108 Å². The Bertz CT molecular complexity index is 541. The van der Waals surface area contributed by atoms with Crippen LogP contribution >= 0.6 is 15.9 Å². The van der Waals surface area contributed by atoms with Crippen molar-refractivity contribution in [3.05, 3.63) is 28.2 Å². The van der Waals surface area contributed by atoms with Crippen molar-refractivity contribution in [2.75, 3.05) is 12.8 Å². The zero-order chi connectivity index (χ0) is 13.2. The average molecular weight is 322 g/mol. The molecule has 0 spiro atoms. The lowest BCUT2D eigenvalue weighted by Gasteiger charge is -2.16. The highest BCUT2D eigenvalue weighted by atomic mass is 79.9. The minimum Gasteiger partial charge on any atom is -0.481 e. The van der Waals surface area contributed by atoms with Crippen molar-refractivity contribution in [1.29, 1.82) is 0 Å². The van der Waals surface area contributed by atoms with Crippen molar-refractivity contribution < 1.29 is 18.3 Å². The molecule has 0 radical (unpaired) electrons. The smallest absolute Gasteiger partial charge is 0.312 e. The molecule has 0 bridgehead atoms. The molecule has 1 atom stereocenters. The molecule has 0 amide bonds. The van der Waals surface area contributed by atoms with Gasteiger partial charge in [-0.1, -0.05) is 22.0 Å². The molecular formula is C10H12BrNO4S. The first-order valence-corrected chi connectivity index (χ1v) is 7.38. The van der Waals surface area contributed by atoms with Gasteiger partial charge in [0.25, 0.3) is 0 Å². The number of carboxylic acids is 1. The number of carboxylic acid groups (broad SMARTS) is 1. The summed E-state index contributed by atoms with van der Waals surface area (Å²) in [6.07, 6.45) is 1.04. The van der Waals surface area contributed by atoms with Crippen LogP contribution in [-0.4, -0.2) is 32.3 Å². The number of benzene rings is 1. The highest BCUT2D eigenvalue weighted by Crippen LogP contribution is 2.31. The van der Waals surface area contributed by atoms with Gasteiger partial charge in [-0.15, -0.1) is 0 Å². The third-order valence-electron chi connectivity index (χ3n) is 2.29. The number of sulfone groups is 1. The molecule has 7 heteroatoms. The fraction of sp³-hybridized carbons (Fsp3) is 0.300. The summed E-state index contributed by atoms with van der Waals surface area (Å²) in [4.78, 5) is 11.1. The van der Waals surface area contributed by atoms with E-state index in [1.807, 2.05) is 0 Å². The van der Waals surface area contributed by atoms with Crippen LogP contribution in [0.15, 0.2) is 27.6 Å². The Morgan fingerprint density at radius 3 is 2.53 bits per heavy atom. The van der Waals surface area contributed by atoms with Crippen molar-refractivity contribution in [2.24, 2.45) is 5.73 Å². The van der Waals surface area contributed by atoms with E-state index in [4.69, 9.17) is 10.8 Å². The quantitative estimate of drug-likeness (QED) is 0.861. The highest BCUT2D eigenvalue weighted by molar-refractivity contribution is 9.10. The van der Waals surface area contributed by atoms with Crippen LogP contribution in [0.25, 0.3) is 0 Å². The molecule has 0 saturated heterocycles. The van der Waals surface area contributed by atoms with Crippen LogP contribution in [0.5, 0.6) is 0 Å². The van der Waals surface area contributed by atoms with Crippen LogP contribution < -0.4 is 5.73 Å². The van der Waals surface area contributed by atoms with E-state index < -0.39 is 21.7 Å². The van der Waals surface area contributed by atoms with Gasteiger partial charge in [-0.3, -0.25) is 4.79 Å². The Kier molecular flexibility index (Phi) is 4.29. The van der Waals surface area contributed by atoms with Gasteiger partial charge in [0.15, 0.2) is 9.84 Å². The van der Waals surface area contributed by atoms with Gasteiger partial charge in [-0.05, 0) is 12.1 Å². The summed E-state index contributed by atoms with van der Waals surface area (Å²) in [5, 5.41) is 9.05. The van der Waals surface area contributed by atoms with Crippen LogP contribution in [0.1, 0.15) is 11.5 Å². The van der Waals surface area contributed by atoms with Crippen LogP contribution in [0.3, 0.4) is 0 Å². The summed E-state index contributed by atoms with van der Waals surface area (Å²) in [7, 11) is -3.49. The van der Waals surface area contributed by atoms with Crippen LogP contribution in [-0.2, 0) is 14.6 Å². The van der Waals surface area contributed by atoms with Crippen LogP contribution in [0.4, 0.5) is 0 Å². The highest BCUT2D eigenvalue weighted by Gasteiger charge is 2.27. The number of halogens is 1. The van der Waals surface area contributed by atoms with Gasteiger partial charge in [-0.25, -0.2) is 8.42 Å². The normalized spacial score (nSPS) is 13.4. The van der Waals surface area contributed by atoms with E-state index in [-0.39, 0.29) is 17.0 Å². The van der Waals surface area contributed by atoms with Gasteiger partial charge in [0, 0.05) is 22.8 Å². The Morgan fingerprint density at radius 1 is 1.53 bits per heavy atom. The van der Waals surface area contributed by atoms with Gasteiger partial charge in [0.05, 0.1) is 10.8 Å². The fourth-order valence-electron chi connectivity index (χ4n) is 1.52. The van der Waals surface area contributed by atoms with Crippen LogP contribution in [0.2, 0.25) is 0 Å². The number of carbonyl (C=O) groups is 1. The average Bonchev–Trinajstić information content (AvgIpc) is 2.19. The second kappa shape index (κ2) is 5.16. The summed E-state index contributed by atoms with van der Waals surface area (Å²) in [6.45, 7) is -0.166. The molecule has 1 aromatic rings. The molecule has 1 rings (SSSR count). The molecule has 17 heavy (non-hydrogen) atoms. The van der Waals surface area contributed by atoms with Gasteiger partial charge in [-0.2, -0.15) is 0 Å². The Morgan fingerprint density at radius 2 is 2.12 bits per heavy atom. The molecule has 1 aromatic carbocycles. The van der Waals surface area contributed by atoms with Crippen molar-refractivity contribution in [3.63, 3.8) is 0 Å². The van der Waals surface area contributed by atoms with E-state index in [2.05, 4.69) is 15.9 Å². The lowest BCUT2D eigenvalue weighted by Crippen LogP contribution is -2.23. The van der Waals surface area contributed by atoms with E-state index in [9.17, 15) is 13.2 Å². The third kappa shape index (κ3) is 3.05. The Balaban J connectivity index is 3.56. The molecule has 0 fully saturated rings. The lowest BCUT2D eigenvalue weighted by molar-refractivity contribution is -0.138.